The highest BCUT2D eigenvalue weighted by molar-refractivity contribution is 7.92. The monoisotopic (exact) mass is 344 g/mol. The van der Waals surface area contributed by atoms with Crippen LogP contribution in [0.2, 0.25) is 10.0 Å². The van der Waals surface area contributed by atoms with Gasteiger partial charge in [0.2, 0.25) is 0 Å². The molecular weight excluding hydrogens is 335 g/mol. The van der Waals surface area contributed by atoms with Crippen LogP contribution in [0.15, 0.2) is 53.4 Å². The van der Waals surface area contributed by atoms with E-state index in [0.29, 0.717) is 0 Å². The summed E-state index contributed by atoms with van der Waals surface area (Å²) in [5.74, 6) is -1.47. The Kier molecular flexibility index (Phi) is 4.56. The third-order valence-electron chi connectivity index (χ3n) is 2.84. The van der Waals surface area contributed by atoms with Crippen molar-refractivity contribution in [3.05, 3.63) is 64.1 Å². The molecule has 7 heteroatoms. The average Bonchev–Trinajstić information content (AvgIpc) is 2.42. The van der Waals surface area contributed by atoms with Gasteiger partial charge < -0.3 is 5.11 Å². The summed E-state index contributed by atoms with van der Waals surface area (Å²) in [6.45, 7) is 0. The van der Waals surface area contributed by atoms with Crippen molar-refractivity contribution < 1.29 is 18.3 Å². The number of halogens is 2. The second kappa shape index (κ2) is 6.05. The molecule has 2 aromatic carbocycles. The number of carboxylic acid groups (broad SMARTS) is 1. The third-order valence-corrected chi connectivity index (χ3v) is 5.56. The number of aliphatic carboxylic acids is 1. The van der Waals surface area contributed by atoms with Gasteiger partial charge in [-0.15, -0.1) is 0 Å². The maximum Gasteiger partial charge on any atom is 0.326 e. The summed E-state index contributed by atoms with van der Waals surface area (Å²) in [5.41, 5.74) is 0.154. The molecule has 0 fully saturated rings. The van der Waals surface area contributed by atoms with Gasteiger partial charge in [0, 0.05) is 5.02 Å². The van der Waals surface area contributed by atoms with Crippen molar-refractivity contribution >= 4 is 39.0 Å². The zero-order valence-corrected chi connectivity index (χ0v) is 12.9. The predicted octanol–water partition coefficient (Wildman–Crippen LogP) is 3.59. The zero-order chi connectivity index (χ0) is 15.6. The Bertz CT molecular complexity index is 773. The molecule has 21 heavy (non-hydrogen) atoms. The van der Waals surface area contributed by atoms with Gasteiger partial charge in [0.25, 0.3) is 0 Å². The lowest BCUT2D eigenvalue weighted by molar-refractivity contribution is -0.136. The van der Waals surface area contributed by atoms with E-state index < -0.39 is 21.1 Å². The van der Waals surface area contributed by atoms with Crippen LogP contribution in [-0.2, 0) is 14.6 Å². The van der Waals surface area contributed by atoms with Gasteiger partial charge in [-0.1, -0.05) is 53.5 Å². The van der Waals surface area contributed by atoms with Crippen LogP contribution in [0.4, 0.5) is 0 Å². The van der Waals surface area contributed by atoms with Crippen molar-refractivity contribution in [2.45, 2.75) is 10.1 Å². The summed E-state index contributed by atoms with van der Waals surface area (Å²) >= 11 is 11.7. The van der Waals surface area contributed by atoms with E-state index in [9.17, 15) is 18.3 Å². The molecule has 0 saturated heterocycles. The first-order chi connectivity index (χ1) is 9.84. The maximum absolute atomic E-state index is 12.6. The number of sulfone groups is 1. The fourth-order valence-corrected chi connectivity index (χ4v) is 4.25. The van der Waals surface area contributed by atoms with Crippen molar-refractivity contribution in [1.29, 1.82) is 0 Å². The first-order valence-corrected chi connectivity index (χ1v) is 8.11. The van der Waals surface area contributed by atoms with E-state index in [0.717, 1.165) is 6.07 Å². The van der Waals surface area contributed by atoms with Gasteiger partial charge in [-0.25, -0.2) is 8.42 Å². The van der Waals surface area contributed by atoms with E-state index in [1.54, 1.807) is 18.2 Å². The van der Waals surface area contributed by atoms with Crippen molar-refractivity contribution in [1.82, 2.24) is 0 Å². The van der Waals surface area contributed by atoms with Crippen molar-refractivity contribution in [3.63, 3.8) is 0 Å². The number of rotatable bonds is 4. The van der Waals surface area contributed by atoms with Crippen LogP contribution in [0, 0.1) is 0 Å². The number of carboxylic acids is 1. The first kappa shape index (κ1) is 15.8. The smallest absolute Gasteiger partial charge is 0.326 e. The van der Waals surface area contributed by atoms with Gasteiger partial charge in [-0.2, -0.15) is 0 Å². The Morgan fingerprint density at radius 2 is 1.67 bits per heavy atom. The van der Waals surface area contributed by atoms with E-state index in [1.165, 1.54) is 24.3 Å². The van der Waals surface area contributed by atoms with Crippen LogP contribution in [-0.4, -0.2) is 19.5 Å². The molecule has 4 nitrogen and oxygen atoms in total. The fraction of sp³-hybridized carbons (Fsp3) is 0.0714. The molecule has 0 spiro atoms. The van der Waals surface area contributed by atoms with Crippen molar-refractivity contribution in [2.24, 2.45) is 0 Å². The molecule has 0 saturated carbocycles. The van der Waals surface area contributed by atoms with Crippen LogP contribution in [0.25, 0.3) is 0 Å². The van der Waals surface area contributed by atoms with Gasteiger partial charge in [0.1, 0.15) is 0 Å². The summed E-state index contributed by atoms with van der Waals surface area (Å²) < 4.78 is 25.2. The van der Waals surface area contributed by atoms with Crippen LogP contribution < -0.4 is 0 Å². The summed E-state index contributed by atoms with van der Waals surface area (Å²) in [6, 6.07) is 11.6. The molecule has 2 rings (SSSR count). The minimum Gasteiger partial charge on any atom is -0.480 e. The van der Waals surface area contributed by atoms with Crippen molar-refractivity contribution in [2.75, 3.05) is 0 Å². The molecule has 0 aliphatic carbocycles. The first-order valence-electron chi connectivity index (χ1n) is 5.80. The summed E-state index contributed by atoms with van der Waals surface area (Å²) in [6.07, 6.45) is 0. The van der Waals surface area contributed by atoms with Crippen LogP contribution >= 0.6 is 23.2 Å². The quantitative estimate of drug-likeness (QED) is 0.919. The Hall–Kier alpha value is -1.56. The minimum absolute atomic E-state index is 0.0680. The highest BCUT2D eigenvalue weighted by Gasteiger charge is 2.36. The molecule has 0 aliphatic rings. The molecule has 2 aromatic rings. The van der Waals surface area contributed by atoms with Gasteiger partial charge >= 0.3 is 5.97 Å². The summed E-state index contributed by atoms with van der Waals surface area (Å²) in [5, 5.41) is 7.68. The standard InChI is InChI=1S/C14H10Cl2O4S/c15-10-6-7-11(16)12(8-10)21(19,20)13(14(17)18)9-4-2-1-3-5-9/h1-8,13H,(H,17,18). The predicted molar refractivity (Wildman–Crippen MR) is 80.5 cm³/mol. The largest absolute Gasteiger partial charge is 0.480 e. The van der Waals surface area contributed by atoms with Gasteiger partial charge in [-0.3, -0.25) is 4.79 Å². The fourth-order valence-electron chi connectivity index (χ4n) is 1.90. The van der Waals surface area contributed by atoms with Crippen molar-refractivity contribution in [3.8, 4) is 0 Å². The normalized spacial score (nSPS) is 12.9. The molecule has 1 unspecified atom stereocenters. The van der Waals surface area contributed by atoms with Crippen LogP contribution in [0.1, 0.15) is 10.8 Å². The molecule has 0 radical (unpaired) electrons. The third kappa shape index (κ3) is 3.20. The SMILES string of the molecule is O=C(O)C(c1ccccc1)S(=O)(=O)c1cc(Cl)ccc1Cl. The van der Waals surface area contributed by atoms with E-state index in [1.807, 2.05) is 0 Å². The second-order valence-electron chi connectivity index (χ2n) is 4.25. The average molecular weight is 345 g/mol. The lowest BCUT2D eigenvalue weighted by Crippen LogP contribution is -2.22. The number of hydrogen-bond donors (Lipinski definition) is 1. The lowest BCUT2D eigenvalue weighted by Gasteiger charge is -2.15. The Morgan fingerprint density at radius 3 is 2.24 bits per heavy atom. The molecule has 110 valence electrons. The topological polar surface area (TPSA) is 71.4 Å². The molecule has 0 heterocycles. The molecule has 0 bridgehead atoms. The maximum atomic E-state index is 12.6. The van der Waals surface area contributed by atoms with Gasteiger partial charge in [-0.05, 0) is 23.8 Å². The highest BCUT2D eigenvalue weighted by atomic mass is 35.5. The lowest BCUT2D eigenvalue weighted by atomic mass is 10.1. The van der Waals surface area contributed by atoms with E-state index in [-0.39, 0.29) is 20.5 Å². The molecule has 0 amide bonds. The van der Waals surface area contributed by atoms with E-state index >= 15 is 0 Å². The number of hydrogen-bond acceptors (Lipinski definition) is 3. The minimum atomic E-state index is -4.22. The van der Waals surface area contributed by atoms with Gasteiger partial charge in [0.15, 0.2) is 15.1 Å². The number of benzene rings is 2. The highest BCUT2D eigenvalue weighted by Crippen LogP contribution is 2.34. The summed E-state index contributed by atoms with van der Waals surface area (Å²) in [4.78, 5) is 11.2. The second-order valence-corrected chi connectivity index (χ2v) is 7.09. The molecule has 1 atom stereocenters. The van der Waals surface area contributed by atoms with E-state index in [2.05, 4.69) is 0 Å². The number of carbonyl (C=O) groups is 1. The Morgan fingerprint density at radius 1 is 1.05 bits per heavy atom. The zero-order valence-electron chi connectivity index (χ0n) is 10.5. The Labute approximate surface area is 131 Å². The summed E-state index contributed by atoms with van der Waals surface area (Å²) in [7, 11) is -4.22. The molecule has 0 aliphatic heterocycles. The van der Waals surface area contributed by atoms with Gasteiger partial charge in [0.05, 0.1) is 9.92 Å². The molecule has 1 N–H and O–H groups in total. The molecular formula is C14H10Cl2O4S. The van der Waals surface area contributed by atoms with Crippen LogP contribution in [0.5, 0.6) is 0 Å². The van der Waals surface area contributed by atoms with Crippen LogP contribution in [0.3, 0.4) is 0 Å². The van der Waals surface area contributed by atoms with E-state index in [4.69, 9.17) is 23.2 Å². The Balaban J connectivity index is 2.64. The molecule has 0 aromatic heterocycles.